The molecule has 1 fully saturated rings. The molecule has 0 radical (unpaired) electrons. The number of benzene rings is 1. The minimum absolute atomic E-state index is 0.0225. The Bertz CT molecular complexity index is 957. The number of carbonyl (C=O) groups excluding carboxylic acids is 2. The summed E-state index contributed by atoms with van der Waals surface area (Å²) in [5, 5.41) is 2.91. The van der Waals surface area contributed by atoms with Gasteiger partial charge in [0.1, 0.15) is 5.60 Å². The lowest BCUT2D eigenvalue weighted by atomic mass is 9.83. The smallest absolute Gasteiger partial charge is 0.335 e. The molecule has 0 saturated carbocycles. The highest BCUT2D eigenvalue weighted by Gasteiger charge is 2.51. The van der Waals surface area contributed by atoms with E-state index in [1.807, 2.05) is 32.0 Å². The van der Waals surface area contributed by atoms with Gasteiger partial charge in [-0.2, -0.15) is 0 Å². The van der Waals surface area contributed by atoms with Crippen molar-refractivity contribution in [1.29, 1.82) is 0 Å². The molecule has 1 aromatic rings. The summed E-state index contributed by atoms with van der Waals surface area (Å²) in [6.45, 7) is 7.51. The summed E-state index contributed by atoms with van der Waals surface area (Å²) >= 11 is 0. The maximum atomic E-state index is 13.1. The summed E-state index contributed by atoms with van der Waals surface area (Å²) in [6.07, 6.45) is 0.537. The summed E-state index contributed by atoms with van der Waals surface area (Å²) in [4.78, 5) is 25.4. The van der Waals surface area contributed by atoms with E-state index >= 15 is 0 Å². The van der Waals surface area contributed by atoms with Crippen LogP contribution in [0.5, 0.6) is 0 Å². The highest BCUT2D eigenvalue weighted by Crippen LogP contribution is 2.42. The zero-order valence-corrected chi connectivity index (χ0v) is 17.5. The number of aryl methyl sites for hydroxylation is 1. The Morgan fingerprint density at radius 2 is 1.86 bits per heavy atom. The number of hydrogen-bond acceptors (Lipinski definition) is 5. The number of ether oxygens (including phenoxy) is 1. The fourth-order valence-corrected chi connectivity index (χ4v) is 4.96. The van der Waals surface area contributed by atoms with Crippen molar-refractivity contribution in [2.75, 3.05) is 24.2 Å². The molecule has 0 aromatic heterocycles. The first kappa shape index (κ1) is 20.5. The standard InChI is InChI=1S/C20H26N2O5S/c1-5-28(25,26)22-11-9-20(10-12-22)17(15(4)19(24)27-20)18(23)21-16-8-6-7-13(2)14(16)3/h6-8H,5,9-12H2,1-4H3,(H,21,23). The summed E-state index contributed by atoms with van der Waals surface area (Å²) in [6, 6.07) is 5.64. The number of nitrogens with zero attached hydrogens (tertiary/aromatic N) is 1. The van der Waals surface area contributed by atoms with E-state index in [9.17, 15) is 18.0 Å². The Kier molecular flexibility index (Phi) is 5.38. The van der Waals surface area contributed by atoms with Gasteiger partial charge in [0, 0.05) is 37.2 Å². The molecule has 1 spiro atoms. The van der Waals surface area contributed by atoms with E-state index in [0.717, 1.165) is 11.1 Å². The van der Waals surface area contributed by atoms with Gasteiger partial charge in [-0.3, -0.25) is 4.79 Å². The third-order valence-corrected chi connectivity index (χ3v) is 7.67. The number of carbonyl (C=O) groups is 2. The van der Waals surface area contributed by atoms with Crippen LogP contribution in [0, 0.1) is 13.8 Å². The summed E-state index contributed by atoms with van der Waals surface area (Å²) in [7, 11) is -3.31. The Morgan fingerprint density at radius 1 is 1.21 bits per heavy atom. The number of piperidine rings is 1. The van der Waals surface area contributed by atoms with Gasteiger partial charge in [-0.1, -0.05) is 12.1 Å². The van der Waals surface area contributed by atoms with E-state index in [-0.39, 0.29) is 43.2 Å². The molecule has 1 aromatic carbocycles. The highest BCUT2D eigenvalue weighted by molar-refractivity contribution is 7.89. The van der Waals surface area contributed by atoms with Crippen LogP contribution in [0.2, 0.25) is 0 Å². The fraction of sp³-hybridized carbons (Fsp3) is 0.500. The number of rotatable bonds is 4. The van der Waals surface area contributed by atoms with E-state index < -0.39 is 21.6 Å². The quantitative estimate of drug-likeness (QED) is 0.775. The Labute approximate surface area is 165 Å². The van der Waals surface area contributed by atoms with Crippen molar-refractivity contribution >= 4 is 27.6 Å². The van der Waals surface area contributed by atoms with E-state index in [4.69, 9.17) is 4.74 Å². The molecule has 0 bridgehead atoms. The number of amides is 1. The molecular weight excluding hydrogens is 380 g/mol. The Morgan fingerprint density at radius 3 is 2.46 bits per heavy atom. The second kappa shape index (κ2) is 7.33. The minimum atomic E-state index is -3.31. The predicted molar refractivity (Wildman–Crippen MR) is 106 cm³/mol. The van der Waals surface area contributed by atoms with Crippen LogP contribution in [0.15, 0.2) is 29.3 Å². The van der Waals surface area contributed by atoms with Crippen LogP contribution in [0.25, 0.3) is 0 Å². The molecule has 8 heteroatoms. The van der Waals surface area contributed by atoms with Crippen molar-refractivity contribution in [3.8, 4) is 0 Å². The Balaban J connectivity index is 1.87. The lowest BCUT2D eigenvalue weighted by molar-refractivity contribution is -0.149. The van der Waals surface area contributed by atoms with E-state index in [1.54, 1.807) is 13.8 Å². The molecule has 1 amide bonds. The maximum absolute atomic E-state index is 13.1. The number of sulfonamides is 1. The maximum Gasteiger partial charge on any atom is 0.335 e. The third-order valence-electron chi connectivity index (χ3n) is 5.79. The lowest BCUT2D eigenvalue weighted by Crippen LogP contribution is -2.49. The largest absolute Gasteiger partial charge is 0.450 e. The van der Waals surface area contributed by atoms with Gasteiger partial charge in [0.25, 0.3) is 5.91 Å². The van der Waals surface area contributed by atoms with Gasteiger partial charge >= 0.3 is 5.97 Å². The van der Waals surface area contributed by atoms with Crippen molar-refractivity contribution in [3.63, 3.8) is 0 Å². The predicted octanol–water partition coefficient (Wildman–Crippen LogP) is 2.30. The first-order valence-corrected chi connectivity index (χ1v) is 11.0. The molecule has 2 heterocycles. The van der Waals surface area contributed by atoms with Crippen LogP contribution in [0.3, 0.4) is 0 Å². The molecule has 1 saturated heterocycles. The number of nitrogens with one attached hydrogen (secondary N) is 1. The first-order valence-electron chi connectivity index (χ1n) is 9.41. The van der Waals surface area contributed by atoms with Crippen LogP contribution < -0.4 is 5.32 Å². The molecule has 2 aliphatic rings. The zero-order valence-electron chi connectivity index (χ0n) is 16.7. The summed E-state index contributed by atoms with van der Waals surface area (Å²) in [5.74, 6) is -0.865. The SMILES string of the molecule is CCS(=O)(=O)N1CCC2(CC1)OC(=O)C(C)=C2C(=O)Nc1cccc(C)c1C. The first-order chi connectivity index (χ1) is 13.1. The molecule has 152 valence electrons. The van der Waals surface area contributed by atoms with Crippen molar-refractivity contribution in [3.05, 3.63) is 40.5 Å². The van der Waals surface area contributed by atoms with Crippen molar-refractivity contribution in [2.24, 2.45) is 0 Å². The van der Waals surface area contributed by atoms with E-state index in [0.29, 0.717) is 11.3 Å². The van der Waals surface area contributed by atoms with Crippen molar-refractivity contribution < 1.29 is 22.7 Å². The molecule has 0 unspecified atom stereocenters. The summed E-state index contributed by atoms with van der Waals surface area (Å²) in [5.41, 5.74) is 2.22. The van der Waals surface area contributed by atoms with Gasteiger partial charge in [-0.15, -0.1) is 0 Å². The second-order valence-electron chi connectivity index (χ2n) is 7.39. The molecule has 0 atom stereocenters. The molecule has 28 heavy (non-hydrogen) atoms. The Hall–Kier alpha value is -2.19. The van der Waals surface area contributed by atoms with Crippen LogP contribution in [-0.2, 0) is 24.3 Å². The van der Waals surface area contributed by atoms with Crippen LogP contribution in [0.4, 0.5) is 5.69 Å². The molecule has 3 rings (SSSR count). The molecule has 0 aliphatic carbocycles. The van der Waals surface area contributed by atoms with E-state index in [1.165, 1.54) is 4.31 Å². The minimum Gasteiger partial charge on any atom is -0.450 e. The van der Waals surface area contributed by atoms with Gasteiger partial charge in [0.15, 0.2) is 0 Å². The van der Waals surface area contributed by atoms with Crippen molar-refractivity contribution in [2.45, 2.75) is 46.1 Å². The number of esters is 1. The molecule has 1 N–H and O–H groups in total. The van der Waals surface area contributed by atoms with Gasteiger partial charge in [-0.25, -0.2) is 17.5 Å². The number of hydrogen-bond donors (Lipinski definition) is 1. The van der Waals surface area contributed by atoms with Gasteiger partial charge < -0.3 is 10.1 Å². The zero-order chi connectivity index (χ0) is 20.7. The van der Waals surface area contributed by atoms with Gasteiger partial charge in [0.2, 0.25) is 10.0 Å². The summed E-state index contributed by atoms with van der Waals surface area (Å²) < 4.78 is 31.3. The average Bonchev–Trinajstić information content (AvgIpc) is 2.89. The molecular formula is C20H26N2O5S. The fourth-order valence-electron chi connectivity index (χ4n) is 3.86. The number of anilines is 1. The second-order valence-corrected chi connectivity index (χ2v) is 9.64. The molecule has 7 nitrogen and oxygen atoms in total. The lowest BCUT2D eigenvalue weighted by Gasteiger charge is -2.38. The van der Waals surface area contributed by atoms with Crippen LogP contribution >= 0.6 is 0 Å². The van der Waals surface area contributed by atoms with Gasteiger partial charge in [-0.05, 0) is 44.9 Å². The molecule has 2 aliphatic heterocycles. The highest BCUT2D eigenvalue weighted by atomic mass is 32.2. The normalized spacial score (nSPS) is 19.8. The third kappa shape index (κ3) is 3.46. The van der Waals surface area contributed by atoms with Crippen LogP contribution in [-0.4, -0.2) is 49.0 Å². The van der Waals surface area contributed by atoms with Crippen molar-refractivity contribution in [1.82, 2.24) is 4.31 Å². The average molecular weight is 407 g/mol. The monoisotopic (exact) mass is 406 g/mol. The van der Waals surface area contributed by atoms with Gasteiger partial charge in [0.05, 0.1) is 11.3 Å². The van der Waals surface area contributed by atoms with Crippen LogP contribution in [0.1, 0.15) is 37.8 Å². The topological polar surface area (TPSA) is 92.8 Å². The van der Waals surface area contributed by atoms with E-state index in [2.05, 4.69) is 5.32 Å².